The van der Waals surface area contributed by atoms with Gasteiger partial charge < -0.3 is 0 Å². The third kappa shape index (κ3) is 2.44. The zero-order valence-electron chi connectivity index (χ0n) is 15.4. The molecule has 3 aromatic heterocycles. The molecule has 0 saturated carbocycles. The Bertz CT molecular complexity index is 1340. The van der Waals surface area contributed by atoms with Gasteiger partial charge in [-0.15, -0.1) is 16.4 Å². The van der Waals surface area contributed by atoms with Crippen LogP contribution in [0.2, 0.25) is 0 Å². The Labute approximate surface area is 164 Å². The molecule has 3 heterocycles. The largest absolute Gasteiger partial charge is 0.285 e. The molecule has 0 saturated heterocycles. The number of nitrogens with zero attached hydrogens (tertiary/aromatic N) is 5. The predicted octanol–water partition coefficient (Wildman–Crippen LogP) is 3.83. The van der Waals surface area contributed by atoms with Gasteiger partial charge in [0.05, 0.1) is 11.4 Å². The SMILES string of the molecule is Cn1c(-c2ccccc2)c(-c2nc3scc(-c4ccccc4)n3n2)c(=O)n1C. The zero-order chi connectivity index (χ0) is 19.3. The van der Waals surface area contributed by atoms with Gasteiger partial charge in [0, 0.05) is 30.6 Å². The maximum atomic E-state index is 13.0. The van der Waals surface area contributed by atoms with Crippen LogP contribution in [0.15, 0.2) is 70.8 Å². The molecule has 28 heavy (non-hydrogen) atoms. The molecule has 6 nitrogen and oxygen atoms in total. The summed E-state index contributed by atoms with van der Waals surface area (Å²) in [5.74, 6) is 0.448. The summed E-state index contributed by atoms with van der Waals surface area (Å²) in [7, 11) is 3.63. The quantitative estimate of drug-likeness (QED) is 0.473. The summed E-state index contributed by atoms with van der Waals surface area (Å²) >= 11 is 1.52. The lowest BCUT2D eigenvalue weighted by Crippen LogP contribution is -2.17. The molecule has 5 rings (SSSR count). The van der Waals surface area contributed by atoms with Crippen molar-refractivity contribution in [3.05, 3.63) is 76.4 Å². The van der Waals surface area contributed by atoms with Crippen molar-refractivity contribution in [2.45, 2.75) is 0 Å². The lowest BCUT2D eigenvalue weighted by atomic mass is 10.1. The van der Waals surface area contributed by atoms with Gasteiger partial charge in [0.2, 0.25) is 4.96 Å². The fourth-order valence-corrected chi connectivity index (χ4v) is 4.27. The van der Waals surface area contributed by atoms with E-state index in [-0.39, 0.29) is 5.56 Å². The lowest BCUT2D eigenvalue weighted by Gasteiger charge is -2.06. The number of benzene rings is 2. The van der Waals surface area contributed by atoms with Crippen molar-refractivity contribution >= 4 is 16.3 Å². The Hall–Kier alpha value is -3.45. The summed E-state index contributed by atoms with van der Waals surface area (Å²) in [4.78, 5) is 18.4. The van der Waals surface area contributed by atoms with E-state index in [2.05, 4.69) is 4.98 Å². The van der Waals surface area contributed by atoms with Crippen molar-refractivity contribution in [2.75, 3.05) is 0 Å². The van der Waals surface area contributed by atoms with Crippen molar-refractivity contribution in [3.63, 3.8) is 0 Å². The van der Waals surface area contributed by atoms with Crippen LogP contribution in [0.3, 0.4) is 0 Å². The van der Waals surface area contributed by atoms with Crippen LogP contribution in [-0.2, 0) is 14.1 Å². The first-order chi connectivity index (χ1) is 13.6. The van der Waals surface area contributed by atoms with Gasteiger partial charge in [-0.3, -0.25) is 14.2 Å². The summed E-state index contributed by atoms with van der Waals surface area (Å²) in [5, 5.41) is 6.75. The predicted molar refractivity (Wildman–Crippen MR) is 111 cm³/mol. The van der Waals surface area contributed by atoms with Gasteiger partial charge in [0.1, 0.15) is 5.56 Å². The summed E-state index contributed by atoms with van der Waals surface area (Å²) in [6, 6.07) is 19.9. The Balaban J connectivity index is 1.75. The van der Waals surface area contributed by atoms with Crippen molar-refractivity contribution in [3.8, 4) is 33.9 Å². The second kappa shape index (κ2) is 6.31. The van der Waals surface area contributed by atoms with Gasteiger partial charge in [-0.25, -0.2) is 4.52 Å². The number of rotatable bonds is 3. The second-order valence-corrected chi connectivity index (χ2v) is 7.40. The van der Waals surface area contributed by atoms with Crippen LogP contribution >= 0.6 is 11.3 Å². The number of aromatic nitrogens is 5. The Morgan fingerprint density at radius 3 is 2.18 bits per heavy atom. The molecule has 0 atom stereocenters. The molecule has 0 amide bonds. The fourth-order valence-electron chi connectivity index (χ4n) is 3.43. The second-order valence-electron chi connectivity index (χ2n) is 6.56. The topological polar surface area (TPSA) is 57.1 Å². The highest BCUT2D eigenvalue weighted by Crippen LogP contribution is 2.31. The molecule has 7 heteroatoms. The molecule has 0 N–H and O–H groups in total. The summed E-state index contributed by atoms with van der Waals surface area (Å²) < 4.78 is 5.25. The molecule has 0 aliphatic carbocycles. The minimum absolute atomic E-state index is 0.110. The summed E-state index contributed by atoms with van der Waals surface area (Å²) in [6.45, 7) is 0. The van der Waals surface area contributed by atoms with Crippen molar-refractivity contribution in [1.29, 1.82) is 0 Å². The van der Waals surface area contributed by atoms with Gasteiger partial charge >= 0.3 is 0 Å². The van der Waals surface area contributed by atoms with Gasteiger partial charge in [0.15, 0.2) is 5.82 Å². The van der Waals surface area contributed by atoms with E-state index < -0.39 is 0 Å². The zero-order valence-corrected chi connectivity index (χ0v) is 16.2. The minimum Gasteiger partial charge on any atom is -0.285 e. The first kappa shape index (κ1) is 16.7. The molecule has 0 bridgehead atoms. The van der Waals surface area contributed by atoms with Gasteiger partial charge in [0.25, 0.3) is 5.56 Å². The van der Waals surface area contributed by atoms with E-state index in [1.165, 1.54) is 11.3 Å². The number of thiazole rings is 1. The van der Waals surface area contributed by atoms with E-state index >= 15 is 0 Å². The first-order valence-corrected chi connectivity index (χ1v) is 9.74. The Morgan fingerprint density at radius 1 is 0.857 bits per heavy atom. The van der Waals surface area contributed by atoms with Crippen molar-refractivity contribution in [2.24, 2.45) is 14.1 Å². The maximum Gasteiger partial charge on any atom is 0.278 e. The average Bonchev–Trinajstić information content (AvgIpc) is 3.37. The third-order valence-corrected chi connectivity index (χ3v) is 5.76. The Morgan fingerprint density at radius 2 is 1.50 bits per heavy atom. The van der Waals surface area contributed by atoms with Crippen LogP contribution in [-0.4, -0.2) is 24.0 Å². The first-order valence-electron chi connectivity index (χ1n) is 8.86. The third-order valence-electron chi connectivity index (χ3n) is 4.94. The van der Waals surface area contributed by atoms with Gasteiger partial charge in [-0.05, 0) is 0 Å². The molecular formula is C21H17N5OS. The Kier molecular flexibility index (Phi) is 3.77. The number of hydrogen-bond acceptors (Lipinski definition) is 4. The van der Waals surface area contributed by atoms with Crippen molar-refractivity contribution in [1.82, 2.24) is 24.0 Å². The van der Waals surface area contributed by atoms with Crippen LogP contribution < -0.4 is 5.56 Å². The maximum absolute atomic E-state index is 13.0. The number of fused-ring (bicyclic) bond motifs is 1. The van der Waals surface area contributed by atoms with E-state index in [0.29, 0.717) is 11.4 Å². The fraction of sp³-hybridized carbons (Fsp3) is 0.0952. The number of hydrogen-bond donors (Lipinski definition) is 0. The van der Waals surface area contributed by atoms with Gasteiger partial charge in [-0.1, -0.05) is 60.7 Å². The molecule has 0 fully saturated rings. The summed E-state index contributed by atoms with van der Waals surface area (Å²) in [5.41, 5.74) is 4.21. The highest BCUT2D eigenvalue weighted by Gasteiger charge is 2.24. The standard InChI is InChI=1S/C21H17N5OS/c1-24-18(15-11-7-4-8-12-15)17(20(27)25(24)2)19-22-21-26(23-19)16(13-28-21)14-9-5-3-6-10-14/h3-13H,1-2H3. The van der Waals surface area contributed by atoms with Gasteiger partial charge in [-0.2, -0.15) is 4.98 Å². The molecule has 138 valence electrons. The van der Waals surface area contributed by atoms with Crippen LogP contribution in [0.1, 0.15) is 0 Å². The highest BCUT2D eigenvalue weighted by atomic mass is 32.1. The van der Waals surface area contributed by atoms with E-state index in [0.717, 1.165) is 27.5 Å². The minimum atomic E-state index is -0.110. The molecule has 0 aliphatic heterocycles. The van der Waals surface area contributed by atoms with Crippen LogP contribution in [0.4, 0.5) is 0 Å². The normalized spacial score (nSPS) is 11.4. The molecule has 0 spiro atoms. The van der Waals surface area contributed by atoms with E-state index in [4.69, 9.17) is 5.10 Å². The molecular weight excluding hydrogens is 370 g/mol. The van der Waals surface area contributed by atoms with E-state index in [9.17, 15) is 4.79 Å². The van der Waals surface area contributed by atoms with E-state index in [1.807, 2.05) is 82.3 Å². The van der Waals surface area contributed by atoms with Crippen molar-refractivity contribution < 1.29 is 0 Å². The smallest absolute Gasteiger partial charge is 0.278 e. The average molecular weight is 387 g/mol. The molecule has 0 radical (unpaired) electrons. The van der Waals surface area contributed by atoms with Crippen LogP contribution in [0, 0.1) is 0 Å². The molecule has 0 unspecified atom stereocenters. The molecule has 5 aromatic rings. The van der Waals surface area contributed by atoms with E-state index in [1.54, 1.807) is 11.7 Å². The monoisotopic (exact) mass is 387 g/mol. The van der Waals surface area contributed by atoms with Crippen LogP contribution in [0.5, 0.6) is 0 Å². The molecule has 0 aliphatic rings. The molecule has 2 aromatic carbocycles. The lowest BCUT2D eigenvalue weighted by molar-refractivity contribution is 0.584. The summed E-state index contributed by atoms with van der Waals surface area (Å²) in [6.07, 6.45) is 0. The highest BCUT2D eigenvalue weighted by molar-refractivity contribution is 7.15. The van der Waals surface area contributed by atoms with Crippen LogP contribution in [0.25, 0.3) is 38.9 Å².